The SMILES string of the molecule is COC(=O)c1cc(OC(=O)c2ccc(Cn3cncn3)cc2)cc(C(=O)OC)c1. The molecule has 0 unspecified atom stereocenters. The number of aromatic nitrogens is 3. The van der Waals surface area contributed by atoms with Crippen LogP contribution in [0.15, 0.2) is 55.1 Å². The zero-order valence-corrected chi connectivity index (χ0v) is 15.7. The number of ether oxygens (including phenoxy) is 3. The molecule has 1 heterocycles. The zero-order chi connectivity index (χ0) is 20.8. The van der Waals surface area contributed by atoms with Crippen molar-refractivity contribution in [2.75, 3.05) is 14.2 Å². The van der Waals surface area contributed by atoms with E-state index in [-0.39, 0.29) is 16.9 Å². The average molecular weight is 395 g/mol. The molecule has 0 bridgehead atoms. The molecule has 0 saturated carbocycles. The fraction of sp³-hybridized carbons (Fsp3) is 0.150. The topological polar surface area (TPSA) is 110 Å². The normalized spacial score (nSPS) is 10.3. The Kier molecular flexibility index (Phi) is 5.98. The van der Waals surface area contributed by atoms with Gasteiger partial charge in [0.15, 0.2) is 0 Å². The van der Waals surface area contributed by atoms with Crippen LogP contribution in [-0.2, 0) is 16.0 Å². The Balaban J connectivity index is 1.78. The summed E-state index contributed by atoms with van der Waals surface area (Å²) in [4.78, 5) is 40.0. The van der Waals surface area contributed by atoms with Crippen molar-refractivity contribution in [1.82, 2.24) is 14.8 Å². The molecular weight excluding hydrogens is 378 g/mol. The van der Waals surface area contributed by atoms with Crippen LogP contribution in [0.5, 0.6) is 5.75 Å². The van der Waals surface area contributed by atoms with Gasteiger partial charge in [0.2, 0.25) is 0 Å². The van der Waals surface area contributed by atoms with Gasteiger partial charge < -0.3 is 14.2 Å². The maximum Gasteiger partial charge on any atom is 0.343 e. The predicted molar refractivity (Wildman–Crippen MR) is 99.6 cm³/mol. The smallest absolute Gasteiger partial charge is 0.343 e. The summed E-state index contributed by atoms with van der Waals surface area (Å²) in [7, 11) is 2.42. The molecule has 9 heteroatoms. The maximum absolute atomic E-state index is 12.5. The van der Waals surface area contributed by atoms with E-state index in [9.17, 15) is 14.4 Å². The third kappa shape index (κ3) is 4.83. The fourth-order valence-corrected chi connectivity index (χ4v) is 2.54. The van der Waals surface area contributed by atoms with Crippen molar-refractivity contribution in [2.24, 2.45) is 0 Å². The monoisotopic (exact) mass is 395 g/mol. The minimum atomic E-state index is -0.675. The van der Waals surface area contributed by atoms with Crippen molar-refractivity contribution in [2.45, 2.75) is 6.54 Å². The molecule has 2 aromatic carbocycles. The second-order valence-corrected chi connectivity index (χ2v) is 5.91. The van der Waals surface area contributed by atoms with Gasteiger partial charge in [-0.2, -0.15) is 5.10 Å². The van der Waals surface area contributed by atoms with Gasteiger partial charge in [0.1, 0.15) is 18.4 Å². The van der Waals surface area contributed by atoms with E-state index in [0.29, 0.717) is 12.1 Å². The number of hydrogen-bond donors (Lipinski definition) is 0. The molecule has 0 saturated heterocycles. The number of carbonyl (C=O) groups is 3. The summed E-state index contributed by atoms with van der Waals surface area (Å²) >= 11 is 0. The highest BCUT2D eigenvalue weighted by atomic mass is 16.5. The number of carbonyl (C=O) groups excluding carboxylic acids is 3. The number of hydrogen-bond acceptors (Lipinski definition) is 8. The molecule has 0 atom stereocenters. The van der Waals surface area contributed by atoms with Crippen molar-refractivity contribution in [3.05, 3.63) is 77.4 Å². The Morgan fingerprint density at radius 1 is 0.862 bits per heavy atom. The summed E-state index contributed by atoms with van der Waals surface area (Å²) in [6, 6.07) is 10.7. The van der Waals surface area contributed by atoms with Gasteiger partial charge in [0, 0.05) is 0 Å². The Hall–Kier alpha value is -4.01. The standard InChI is InChI=1S/C20H17N3O6/c1-27-18(24)15-7-16(19(25)28-2)9-17(8-15)29-20(26)14-5-3-13(4-6-14)10-23-12-21-11-22-23/h3-9,11-12H,10H2,1-2H3. The van der Waals surface area contributed by atoms with E-state index in [2.05, 4.69) is 19.6 Å². The van der Waals surface area contributed by atoms with Gasteiger partial charge in [0.05, 0.1) is 37.5 Å². The molecule has 1 aromatic heterocycles. The van der Waals surface area contributed by atoms with E-state index in [1.54, 1.807) is 35.3 Å². The minimum absolute atomic E-state index is 0.0185. The maximum atomic E-state index is 12.5. The number of benzene rings is 2. The highest BCUT2D eigenvalue weighted by Gasteiger charge is 2.17. The second-order valence-electron chi connectivity index (χ2n) is 5.91. The van der Waals surface area contributed by atoms with Crippen LogP contribution in [0.4, 0.5) is 0 Å². The van der Waals surface area contributed by atoms with Gasteiger partial charge in [-0.05, 0) is 35.9 Å². The van der Waals surface area contributed by atoms with Crippen LogP contribution in [-0.4, -0.2) is 46.9 Å². The van der Waals surface area contributed by atoms with Crippen LogP contribution >= 0.6 is 0 Å². The molecule has 3 aromatic rings. The lowest BCUT2D eigenvalue weighted by Crippen LogP contribution is -2.12. The molecule has 0 radical (unpaired) electrons. The minimum Gasteiger partial charge on any atom is -0.465 e. The molecule has 148 valence electrons. The summed E-state index contributed by atoms with van der Waals surface area (Å²) in [5.74, 6) is -1.98. The predicted octanol–water partition coefficient (Wildman–Crippen LogP) is 2.12. The molecular formula is C20H17N3O6. The second kappa shape index (κ2) is 8.79. The number of esters is 3. The lowest BCUT2D eigenvalue weighted by molar-refractivity contribution is 0.0593. The van der Waals surface area contributed by atoms with Crippen molar-refractivity contribution in [3.8, 4) is 5.75 Å². The van der Waals surface area contributed by atoms with Gasteiger partial charge in [-0.15, -0.1) is 0 Å². The summed E-state index contributed by atoms with van der Waals surface area (Å²) in [5.41, 5.74) is 1.34. The molecule has 0 N–H and O–H groups in total. The fourth-order valence-electron chi connectivity index (χ4n) is 2.54. The van der Waals surface area contributed by atoms with E-state index >= 15 is 0 Å². The third-order valence-corrected chi connectivity index (χ3v) is 3.96. The molecule has 9 nitrogen and oxygen atoms in total. The lowest BCUT2D eigenvalue weighted by atomic mass is 10.1. The van der Waals surface area contributed by atoms with Gasteiger partial charge in [-0.1, -0.05) is 12.1 Å². The van der Waals surface area contributed by atoms with Crippen LogP contribution in [0.1, 0.15) is 36.6 Å². The Labute approximate surface area is 165 Å². The summed E-state index contributed by atoms with van der Waals surface area (Å²) in [5, 5.41) is 4.02. The number of rotatable bonds is 6. The first kappa shape index (κ1) is 19.7. The molecule has 0 amide bonds. The van der Waals surface area contributed by atoms with Crippen molar-refractivity contribution < 1.29 is 28.6 Å². The molecule has 0 aliphatic carbocycles. The Morgan fingerprint density at radius 2 is 1.48 bits per heavy atom. The van der Waals surface area contributed by atoms with Gasteiger partial charge >= 0.3 is 17.9 Å². The van der Waals surface area contributed by atoms with Crippen LogP contribution in [0.3, 0.4) is 0 Å². The van der Waals surface area contributed by atoms with E-state index in [1.807, 2.05) is 0 Å². The Bertz CT molecular complexity index is 995. The van der Waals surface area contributed by atoms with Crippen molar-refractivity contribution >= 4 is 17.9 Å². The lowest BCUT2D eigenvalue weighted by Gasteiger charge is -2.09. The van der Waals surface area contributed by atoms with E-state index in [1.165, 1.54) is 38.7 Å². The van der Waals surface area contributed by atoms with Crippen molar-refractivity contribution in [1.29, 1.82) is 0 Å². The highest BCUT2D eigenvalue weighted by Crippen LogP contribution is 2.20. The van der Waals surface area contributed by atoms with Crippen molar-refractivity contribution in [3.63, 3.8) is 0 Å². The molecule has 0 spiro atoms. The third-order valence-electron chi connectivity index (χ3n) is 3.96. The van der Waals surface area contributed by atoms with Gasteiger partial charge in [-0.3, -0.25) is 0 Å². The van der Waals surface area contributed by atoms with Crippen LogP contribution in [0, 0.1) is 0 Å². The number of methoxy groups -OCH3 is 2. The quantitative estimate of drug-likeness (QED) is 0.461. The summed E-state index contributed by atoms with van der Waals surface area (Å²) in [6.45, 7) is 0.513. The molecule has 0 aliphatic heterocycles. The van der Waals surface area contributed by atoms with E-state index in [0.717, 1.165) is 5.56 Å². The first-order chi connectivity index (χ1) is 14.0. The molecule has 0 fully saturated rings. The molecule has 0 aliphatic rings. The molecule has 3 rings (SSSR count). The average Bonchev–Trinajstić information content (AvgIpc) is 3.25. The number of nitrogens with zero attached hydrogens (tertiary/aromatic N) is 3. The largest absolute Gasteiger partial charge is 0.465 e. The Morgan fingerprint density at radius 3 is 2.00 bits per heavy atom. The van der Waals surface area contributed by atoms with Gasteiger partial charge in [0.25, 0.3) is 0 Å². The zero-order valence-electron chi connectivity index (χ0n) is 15.7. The first-order valence-electron chi connectivity index (χ1n) is 8.45. The highest BCUT2D eigenvalue weighted by molar-refractivity contribution is 5.97. The first-order valence-corrected chi connectivity index (χ1v) is 8.45. The summed E-state index contributed by atoms with van der Waals surface area (Å²) < 4.78 is 16.3. The van der Waals surface area contributed by atoms with Crippen LogP contribution in [0.25, 0.3) is 0 Å². The van der Waals surface area contributed by atoms with E-state index < -0.39 is 17.9 Å². The summed E-state index contributed by atoms with van der Waals surface area (Å²) in [6.07, 6.45) is 3.03. The van der Waals surface area contributed by atoms with Gasteiger partial charge in [-0.25, -0.2) is 24.0 Å². The molecule has 29 heavy (non-hydrogen) atoms. The van der Waals surface area contributed by atoms with Crippen LogP contribution < -0.4 is 4.74 Å². The van der Waals surface area contributed by atoms with E-state index in [4.69, 9.17) is 4.74 Å². The van der Waals surface area contributed by atoms with Crippen LogP contribution in [0.2, 0.25) is 0 Å².